The molecule has 0 aromatic carbocycles. The molecule has 0 aliphatic carbocycles. The molecule has 0 saturated carbocycles. The summed E-state index contributed by atoms with van der Waals surface area (Å²) >= 11 is 0. The fraction of sp³-hybridized carbons (Fsp3) is 0.0909. The quantitative estimate of drug-likeness (QED) is 0.757. The summed E-state index contributed by atoms with van der Waals surface area (Å²) in [4.78, 5) is 15.2. The molecule has 0 unspecified atom stereocenters. The Balaban J connectivity index is 2.24. The van der Waals surface area contributed by atoms with Crippen LogP contribution in [0.4, 0.5) is 0 Å². The molecule has 0 fully saturated rings. The molecular weight excluding hydrogens is 190 g/mol. The van der Waals surface area contributed by atoms with Crippen molar-refractivity contribution in [2.75, 3.05) is 0 Å². The summed E-state index contributed by atoms with van der Waals surface area (Å²) in [5.41, 5.74) is 1.85. The van der Waals surface area contributed by atoms with Crippen molar-refractivity contribution in [2.45, 2.75) is 6.54 Å². The highest BCUT2D eigenvalue weighted by atomic mass is 16.1. The van der Waals surface area contributed by atoms with Crippen LogP contribution in [-0.4, -0.2) is 15.3 Å². The van der Waals surface area contributed by atoms with Gasteiger partial charge in [-0.15, -0.1) is 0 Å². The summed E-state index contributed by atoms with van der Waals surface area (Å²) in [6.45, 7) is 3.86. The van der Waals surface area contributed by atoms with E-state index in [1.807, 2.05) is 28.9 Å². The van der Waals surface area contributed by atoms with Crippen molar-refractivity contribution >= 4 is 11.6 Å². The topological polar surface area (TPSA) is 46.4 Å². The minimum Gasteiger partial charge on any atom is -0.348 e. The summed E-state index contributed by atoms with van der Waals surface area (Å²) in [6, 6.07) is 3.86. The van der Waals surface area contributed by atoms with Crippen LogP contribution >= 0.6 is 0 Å². The number of pyridine rings is 1. The number of fused-ring (bicyclic) bond motifs is 1. The first-order chi connectivity index (χ1) is 7.31. The Labute approximate surface area is 87.3 Å². The minimum absolute atomic E-state index is 0.177. The maximum Gasteiger partial charge on any atom is 0.243 e. The highest BCUT2D eigenvalue weighted by Gasteiger charge is 2.02. The molecule has 2 rings (SSSR count). The number of carbonyl (C=O) groups excluding carboxylic acids is 1. The standard InChI is InChI=1S/C11H11N3O/c1-2-10(15)13-8-9-4-3-6-14-7-5-12-11(9)14/h2-7H,1,8H2,(H,13,15). The smallest absolute Gasteiger partial charge is 0.243 e. The van der Waals surface area contributed by atoms with Crippen LogP contribution in [0, 0.1) is 0 Å². The van der Waals surface area contributed by atoms with E-state index in [0.717, 1.165) is 11.2 Å². The van der Waals surface area contributed by atoms with Crippen molar-refractivity contribution in [1.29, 1.82) is 0 Å². The summed E-state index contributed by atoms with van der Waals surface area (Å²) in [7, 11) is 0. The van der Waals surface area contributed by atoms with Crippen LogP contribution in [0.3, 0.4) is 0 Å². The molecule has 0 bridgehead atoms. The zero-order valence-corrected chi connectivity index (χ0v) is 8.18. The zero-order chi connectivity index (χ0) is 10.7. The van der Waals surface area contributed by atoms with Crippen LogP contribution in [0.2, 0.25) is 0 Å². The highest BCUT2D eigenvalue weighted by Crippen LogP contribution is 2.07. The minimum atomic E-state index is -0.177. The zero-order valence-electron chi connectivity index (χ0n) is 8.18. The van der Waals surface area contributed by atoms with E-state index in [1.54, 1.807) is 6.20 Å². The lowest BCUT2D eigenvalue weighted by molar-refractivity contribution is -0.116. The molecule has 15 heavy (non-hydrogen) atoms. The molecule has 0 spiro atoms. The van der Waals surface area contributed by atoms with Crippen LogP contribution in [0.15, 0.2) is 43.4 Å². The average molecular weight is 201 g/mol. The summed E-state index contributed by atoms with van der Waals surface area (Å²) in [5.74, 6) is -0.177. The second kappa shape index (κ2) is 3.96. The van der Waals surface area contributed by atoms with Gasteiger partial charge in [0.2, 0.25) is 5.91 Å². The Morgan fingerprint density at radius 3 is 3.27 bits per heavy atom. The molecule has 0 atom stereocenters. The largest absolute Gasteiger partial charge is 0.348 e. The van der Waals surface area contributed by atoms with Crippen molar-refractivity contribution < 1.29 is 4.79 Å². The van der Waals surface area contributed by atoms with E-state index in [1.165, 1.54) is 6.08 Å². The molecule has 0 saturated heterocycles. The number of hydrogen-bond acceptors (Lipinski definition) is 2. The SMILES string of the molecule is C=CC(=O)NCc1cccn2ccnc12. The molecule has 76 valence electrons. The van der Waals surface area contributed by atoms with Crippen LogP contribution in [0.25, 0.3) is 5.65 Å². The predicted molar refractivity (Wildman–Crippen MR) is 57.2 cm³/mol. The van der Waals surface area contributed by atoms with Gasteiger partial charge in [0.1, 0.15) is 5.65 Å². The van der Waals surface area contributed by atoms with Crippen molar-refractivity contribution in [3.63, 3.8) is 0 Å². The van der Waals surface area contributed by atoms with Gasteiger partial charge < -0.3 is 9.72 Å². The van der Waals surface area contributed by atoms with Crippen LogP contribution < -0.4 is 5.32 Å². The van der Waals surface area contributed by atoms with Gasteiger partial charge in [0.25, 0.3) is 0 Å². The van der Waals surface area contributed by atoms with Crippen LogP contribution in [0.5, 0.6) is 0 Å². The number of imidazole rings is 1. The van der Waals surface area contributed by atoms with Gasteiger partial charge in [-0.2, -0.15) is 0 Å². The van der Waals surface area contributed by atoms with Gasteiger partial charge in [0, 0.05) is 30.7 Å². The van der Waals surface area contributed by atoms with Crippen molar-refractivity contribution in [1.82, 2.24) is 14.7 Å². The molecular formula is C11H11N3O. The number of amides is 1. The van der Waals surface area contributed by atoms with E-state index < -0.39 is 0 Å². The third-order valence-electron chi connectivity index (χ3n) is 2.14. The third-order valence-corrected chi connectivity index (χ3v) is 2.14. The van der Waals surface area contributed by atoms with Gasteiger partial charge in [0.15, 0.2) is 0 Å². The number of nitrogens with one attached hydrogen (secondary N) is 1. The van der Waals surface area contributed by atoms with Gasteiger partial charge in [0.05, 0.1) is 0 Å². The number of rotatable bonds is 3. The molecule has 1 amide bonds. The fourth-order valence-corrected chi connectivity index (χ4v) is 1.40. The van der Waals surface area contributed by atoms with E-state index in [0.29, 0.717) is 6.54 Å². The van der Waals surface area contributed by atoms with E-state index in [-0.39, 0.29) is 5.91 Å². The first-order valence-electron chi connectivity index (χ1n) is 4.62. The lowest BCUT2D eigenvalue weighted by atomic mass is 10.2. The molecule has 0 aliphatic heterocycles. The van der Waals surface area contributed by atoms with E-state index in [4.69, 9.17) is 0 Å². The monoisotopic (exact) mass is 201 g/mol. The second-order valence-electron chi connectivity index (χ2n) is 3.11. The maximum atomic E-state index is 11.0. The number of carbonyl (C=O) groups is 1. The number of aromatic nitrogens is 2. The third kappa shape index (κ3) is 1.88. The van der Waals surface area contributed by atoms with Gasteiger partial charge >= 0.3 is 0 Å². The van der Waals surface area contributed by atoms with E-state index >= 15 is 0 Å². The summed E-state index contributed by atoms with van der Waals surface area (Å²) in [6.07, 6.45) is 6.77. The Hall–Kier alpha value is -2.10. The lowest BCUT2D eigenvalue weighted by Crippen LogP contribution is -2.20. The second-order valence-corrected chi connectivity index (χ2v) is 3.11. The van der Waals surface area contributed by atoms with Crippen LogP contribution in [0.1, 0.15) is 5.56 Å². The van der Waals surface area contributed by atoms with Crippen LogP contribution in [-0.2, 0) is 11.3 Å². The van der Waals surface area contributed by atoms with Crippen molar-refractivity contribution in [3.8, 4) is 0 Å². The fourth-order valence-electron chi connectivity index (χ4n) is 1.40. The molecule has 1 N–H and O–H groups in total. The number of nitrogens with zero attached hydrogens (tertiary/aromatic N) is 2. The van der Waals surface area contributed by atoms with Gasteiger partial charge in [-0.3, -0.25) is 4.79 Å². The normalized spacial score (nSPS) is 10.1. The molecule has 2 aromatic heterocycles. The van der Waals surface area contributed by atoms with E-state index in [9.17, 15) is 4.79 Å². The molecule has 0 radical (unpaired) electrons. The first-order valence-corrected chi connectivity index (χ1v) is 4.62. The molecule has 2 heterocycles. The summed E-state index contributed by atoms with van der Waals surface area (Å²) < 4.78 is 1.91. The molecule has 4 nitrogen and oxygen atoms in total. The van der Waals surface area contributed by atoms with Gasteiger partial charge in [-0.1, -0.05) is 12.6 Å². The number of hydrogen-bond donors (Lipinski definition) is 1. The lowest BCUT2D eigenvalue weighted by Gasteiger charge is -2.03. The van der Waals surface area contributed by atoms with E-state index in [2.05, 4.69) is 16.9 Å². The highest BCUT2D eigenvalue weighted by molar-refractivity contribution is 5.86. The summed E-state index contributed by atoms with van der Waals surface area (Å²) in [5, 5.41) is 2.72. The Bertz CT molecular complexity index is 501. The van der Waals surface area contributed by atoms with Crippen molar-refractivity contribution in [2.24, 2.45) is 0 Å². The van der Waals surface area contributed by atoms with Crippen molar-refractivity contribution in [3.05, 3.63) is 48.9 Å². The predicted octanol–water partition coefficient (Wildman–Crippen LogP) is 1.14. The Morgan fingerprint density at radius 1 is 1.60 bits per heavy atom. The molecule has 4 heteroatoms. The first kappa shape index (κ1) is 9.45. The molecule has 0 aliphatic rings. The molecule has 2 aromatic rings. The van der Waals surface area contributed by atoms with Gasteiger partial charge in [-0.05, 0) is 12.1 Å². The average Bonchev–Trinajstić information content (AvgIpc) is 2.74. The Kier molecular flexibility index (Phi) is 2.49. The Morgan fingerprint density at radius 2 is 2.47 bits per heavy atom. The van der Waals surface area contributed by atoms with Gasteiger partial charge in [-0.25, -0.2) is 4.98 Å². The maximum absolute atomic E-state index is 11.0.